The SMILES string of the molecule is C.C.C.C.C.CCC(C)C.CCO.CCOCC.CN(C)CN(C)C.[V]. The number of hydrogen-bond donors (Lipinski definition) is 1. The fraction of sp³-hybridized carbons (Fsp3) is 1.00. The second-order valence-electron chi connectivity index (χ2n) is 5.20. The van der Waals surface area contributed by atoms with Gasteiger partial charge in [0, 0.05) is 45.0 Å². The first-order valence-electron chi connectivity index (χ1n) is 7.71. The minimum atomic E-state index is 0. The minimum absolute atomic E-state index is 0. The molecule has 0 spiro atoms. The minimum Gasteiger partial charge on any atom is -0.397 e. The molecule has 0 aliphatic carbocycles. The van der Waals surface area contributed by atoms with Crippen LogP contribution in [0.4, 0.5) is 0 Å². The first-order valence-corrected chi connectivity index (χ1v) is 7.71. The Morgan fingerprint density at radius 3 is 0.923 bits per heavy atom. The Balaban J connectivity index is -0.0000000157. The van der Waals surface area contributed by atoms with Crippen LogP contribution < -0.4 is 0 Å². The van der Waals surface area contributed by atoms with E-state index in [1.54, 1.807) is 6.92 Å². The summed E-state index contributed by atoms with van der Waals surface area (Å²) in [5, 5.41) is 7.57. The van der Waals surface area contributed by atoms with E-state index in [1.165, 1.54) is 6.42 Å². The van der Waals surface area contributed by atoms with Gasteiger partial charge in [0.2, 0.25) is 0 Å². The van der Waals surface area contributed by atoms with Crippen molar-refractivity contribution >= 4 is 0 Å². The average molecular weight is 426 g/mol. The van der Waals surface area contributed by atoms with Crippen molar-refractivity contribution in [2.75, 3.05) is 54.7 Å². The van der Waals surface area contributed by atoms with Gasteiger partial charge in [-0.3, -0.25) is 9.80 Å². The molecule has 0 atom stereocenters. The van der Waals surface area contributed by atoms with Gasteiger partial charge in [-0.1, -0.05) is 64.3 Å². The van der Waals surface area contributed by atoms with Crippen molar-refractivity contribution in [2.24, 2.45) is 5.92 Å². The van der Waals surface area contributed by atoms with E-state index >= 15 is 0 Å². The van der Waals surface area contributed by atoms with Gasteiger partial charge in [0.1, 0.15) is 0 Å². The van der Waals surface area contributed by atoms with E-state index in [9.17, 15) is 0 Å². The Labute approximate surface area is 184 Å². The second kappa shape index (κ2) is 63.8. The normalized spacial score (nSPS) is 7.15. The molecule has 1 N–H and O–H groups in total. The van der Waals surface area contributed by atoms with E-state index in [0.29, 0.717) is 0 Å². The van der Waals surface area contributed by atoms with Gasteiger partial charge in [0.05, 0.1) is 0 Å². The molecule has 0 unspecified atom stereocenters. The molecular weight excluding hydrogens is 363 g/mol. The van der Waals surface area contributed by atoms with Crippen LogP contribution in [0.2, 0.25) is 0 Å². The van der Waals surface area contributed by atoms with Crippen LogP contribution in [-0.2, 0) is 23.3 Å². The Bertz CT molecular complexity index is 129. The fourth-order valence-corrected chi connectivity index (χ4v) is 0.770. The molecule has 26 heavy (non-hydrogen) atoms. The number of aliphatic hydroxyl groups is 1. The molecule has 0 fully saturated rings. The molecule has 1 radical (unpaired) electrons. The standard InChI is InChI=1S/C5H14N2.C5H12.C4H10O.C2H6O.5CH4.V/c1-6(2)5-7(3)4;1-4-5(2)3;1-3-5-4-2;1-2-3;;;;;;/h5H2,1-4H3;5H,4H2,1-3H3;3-4H2,1-2H3;3H,2H2,1H3;5*1H4;. The zero-order valence-electron chi connectivity index (χ0n) is 16.3. The number of aliphatic hydroxyl groups excluding tert-OH is 1. The summed E-state index contributed by atoms with van der Waals surface area (Å²) < 4.78 is 4.83. The van der Waals surface area contributed by atoms with Crippen molar-refractivity contribution in [3.8, 4) is 0 Å². The van der Waals surface area contributed by atoms with Crippen LogP contribution in [0.3, 0.4) is 0 Å². The molecule has 0 heterocycles. The maximum atomic E-state index is 7.57. The zero-order chi connectivity index (χ0) is 17.0. The molecule has 4 nitrogen and oxygen atoms in total. The van der Waals surface area contributed by atoms with E-state index < -0.39 is 0 Å². The van der Waals surface area contributed by atoms with E-state index in [-0.39, 0.29) is 62.3 Å². The van der Waals surface area contributed by atoms with Crippen molar-refractivity contribution in [2.45, 2.75) is 85.1 Å². The van der Waals surface area contributed by atoms with Crippen LogP contribution in [0, 0.1) is 5.92 Å². The maximum absolute atomic E-state index is 7.57. The van der Waals surface area contributed by atoms with E-state index in [1.807, 2.05) is 13.8 Å². The molecule has 5 heteroatoms. The fourth-order valence-electron chi connectivity index (χ4n) is 0.770. The number of hydrogen-bond acceptors (Lipinski definition) is 4. The predicted octanol–water partition coefficient (Wildman–Crippen LogP) is 6.34. The molecule has 0 bridgehead atoms. The summed E-state index contributed by atoms with van der Waals surface area (Å²) in [6.07, 6.45) is 1.31. The van der Waals surface area contributed by atoms with Crippen molar-refractivity contribution < 1.29 is 28.4 Å². The van der Waals surface area contributed by atoms with E-state index in [2.05, 4.69) is 58.8 Å². The number of nitrogens with zero attached hydrogens (tertiary/aromatic N) is 2. The van der Waals surface area contributed by atoms with Gasteiger partial charge in [-0.2, -0.15) is 0 Å². The van der Waals surface area contributed by atoms with Crippen LogP contribution >= 0.6 is 0 Å². The van der Waals surface area contributed by atoms with E-state index in [0.717, 1.165) is 25.8 Å². The third-order valence-corrected chi connectivity index (χ3v) is 1.79. The molecule has 0 amide bonds. The smallest absolute Gasteiger partial charge is 0.0495 e. The third-order valence-electron chi connectivity index (χ3n) is 1.79. The average Bonchev–Trinajstić information content (AvgIpc) is 2.30. The quantitative estimate of drug-likeness (QED) is 0.521. The molecular formula is C21H62N2O2V. The van der Waals surface area contributed by atoms with Gasteiger partial charge in [0.25, 0.3) is 0 Å². The van der Waals surface area contributed by atoms with Crippen molar-refractivity contribution in [1.82, 2.24) is 9.80 Å². The summed E-state index contributed by atoms with van der Waals surface area (Å²) >= 11 is 0. The Hall–Kier alpha value is 0.424. The molecule has 0 aromatic heterocycles. The number of ether oxygens (including phenoxy) is 1. The summed E-state index contributed by atoms with van der Waals surface area (Å²) in [4.78, 5) is 4.25. The van der Waals surface area contributed by atoms with Gasteiger partial charge < -0.3 is 9.84 Å². The van der Waals surface area contributed by atoms with Gasteiger partial charge in [-0.15, -0.1) is 0 Å². The van der Waals surface area contributed by atoms with Crippen molar-refractivity contribution in [3.05, 3.63) is 0 Å². The van der Waals surface area contributed by atoms with Crippen molar-refractivity contribution in [1.29, 1.82) is 0 Å². The van der Waals surface area contributed by atoms with Gasteiger partial charge in [-0.05, 0) is 54.9 Å². The van der Waals surface area contributed by atoms with Gasteiger partial charge in [0.15, 0.2) is 0 Å². The van der Waals surface area contributed by atoms with Crippen molar-refractivity contribution in [3.63, 3.8) is 0 Å². The molecule has 173 valence electrons. The summed E-state index contributed by atoms with van der Waals surface area (Å²) in [5.74, 6) is 0.884. The molecule has 0 aromatic carbocycles. The number of rotatable bonds is 5. The summed E-state index contributed by atoms with van der Waals surface area (Å²) in [6, 6.07) is 0. The molecule has 0 aliphatic heterocycles. The largest absolute Gasteiger partial charge is 0.397 e. The van der Waals surface area contributed by atoms with Gasteiger partial charge >= 0.3 is 0 Å². The first-order chi connectivity index (χ1) is 9.22. The van der Waals surface area contributed by atoms with Crippen LogP contribution in [0.15, 0.2) is 0 Å². The van der Waals surface area contributed by atoms with Crippen LogP contribution in [0.1, 0.15) is 85.1 Å². The summed E-state index contributed by atoms with van der Waals surface area (Å²) in [7, 11) is 8.22. The monoisotopic (exact) mass is 425 g/mol. The first kappa shape index (κ1) is 63.3. The maximum Gasteiger partial charge on any atom is 0.0495 e. The summed E-state index contributed by atoms with van der Waals surface area (Å²) in [5.41, 5.74) is 0. The Morgan fingerprint density at radius 1 is 0.731 bits per heavy atom. The zero-order valence-corrected chi connectivity index (χ0v) is 17.7. The third kappa shape index (κ3) is 189. The van der Waals surface area contributed by atoms with Gasteiger partial charge in [-0.25, -0.2) is 0 Å². The topological polar surface area (TPSA) is 35.9 Å². The van der Waals surface area contributed by atoms with E-state index in [4.69, 9.17) is 9.84 Å². The molecule has 0 rings (SSSR count). The Morgan fingerprint density at radius 2 is 0.923 bits per heavy atom. The predicted molar refractivity (Wildman–Crippen MR) is 126 cm³/mol. The molecule has 0 aromatic rings. The molecule has 0 saturated carbocycles. The molecule has 0 saturated heterocycles. The van der Waals surface area contributed by atoms with Crippen LogP contribution in [-0.4, -0.2) is 69.6 Å². The summed E-state index contributed by atoms with van der Waals surface area (Å²) in [6.45, 7) is 15.3. The van der Waals surface area contributed by atoms with Crippen LogP contribution in [0.25, 0.3) is 0 Å². The molecule has 0 aliphatic rings. The second-order valence-corrected chi connectivity index (χ2v) is 5.20. The van der Waals surface area contributed by atoms with Crippen LogP contribution in [0.5, 0.6) is 0 Å². The Kier molecular flexibility index (Phi) is 155.